The van der Waals surface area contributed by atoms with Crippen molar-refractivity contribution in [2.75, 3.05) is 44.4 Å². The van der Waals surface area contributed by atoms with Crippen LogP contribution in [0.1, 0.15) is 49.7 Å². The molecule has 3 aromatic rings. The van der Waals surface area contributed by atoms with Gasteiger partial charge in [-0.15, -0.1) is 0 Å². The van der Waals surface area contributed by atoms with Crippen LogP contribution in [0.3, 0.4) is 0 Å². The van der Waals surface area contributed by atoms with Gasteiger partial charge in [-0.2, -0.15) is 13.5 Å². The second-order valence-electron chi connectivity index (χ2n) is 10.2. The number of halogens is 1. The van der Waals surface area contributed by atoms with Gasteiger partial charge in [-0.1, -0.05) is 6.07 Å². The topological polar surface area (TPSA) is 125 Å². The summed E-state index contributed by atoms with van der Waals surface area (Å²) in [6.45, 7) is 8.63. The van der Waals surface area contributed by atoms with Gasteiger partial charge in [0.25, 0.3) is 10.1 Å². The lowest BCUT2D eigenvalue weighted by atomic mass is 10.0. The van der Waals surface area contributed by atoms with Crippen LogP contribution < -0.4 is 4.90 Å². The molecule has 1 saturated heterocycles. The van der Waals surface area contributed by atoms with E-state index in [0.717, 1.165) is 48.3 Å². The van der Waals surface area contributed by atoms with Gasteiger partial charge in [0.05, 0.1) is 30.4 Å². The summed E-state index contributed by atoms with van der Waals surface area (Å²) in [5.41, 5.74) is 4.32. The SMILES string of the molecule is CS(=O)(=O)O.Cc1cnc(Cc2ccc(N3CCC(N(C)CCO)CC3)c(F)c2)nc1-c1cnn(C(C)C)c1. The van der Waals surface area contributed by atoms with E-state index in [0.29, 0.717) is 36.8 Å². The van der Waals surface area contributed by atoms with Crippen molar-refractivity contribution >= 4 is 15.8 Å². The molecule has 1 aliphatic heterocycles. The molecule has 4 rings (SSSR count). The molecule has 3 heterocycles. The van der Waals surface area contributed by atoms with E-state index in [9.17, 15) is 8.42 Å². The highest BCUT2D eigenvalue weighted by molar-refractivity contribution is 7.85. The minimum atomic E-state index is -3.67. The summed E-state index contributed by atoms with van der Waals surface area (Å²) in [5, 5.41) is 13.6. The Kier molecular flexibility index (Phi) is 10.5. The van der Waals surface area contributed by atoms with E-state index in [1.165, 1.54) is 0 Å². The van der Waals surface area contributed by atoms with Crippen LogP contribution >= 0.6 is 0 Å². The number of benzene rings is 1. The first kappa shape index (κ1) is 30.6. The summed E-state index contributed by atoms with van der Waals surface area (Å²) in [4.78, 5) is 13.6. The van der Waals surface area contributed by atoms with Crippen molar-refractivity contribution in [1.29, 1.82) is 0 Å². The Labute approximate surface area is 230 Å². The van der Waals surface area contributed by atoms with Crippen molar-refractivity contribution in [2.45, 2.75) is 52.1 Å². The van der Waals surface area contributed by atoms with Crippen molar-refractivity contribution in [2.24, 2.45) is 0 Å². The van der Waals surface area contributed by atoms with Crippen molar-refractivity contribution in [3.8, 4) is 11.3 Å². The zero-order valence-corrected chi connectivity index (χ0v) is 24.1. The molecule has 0 bridgehead atoms. The van der Waals surface area contributed by atoms with E-state index in [4.69, 9.17) is 14.6 Å². The summed E-state index contributed by atoms with van der Waals surface area (Å²) in [5.74, 6) is 0.461. The van der Waals surface area contributed by atoms with Crippen molar-refractivity contribution in [1.82, 2.24) is 24.6 Å². The maximum Gasteiger partial charge on any atom is 0.261 e. The maximum atomic E-state index is 15.1. The first-order valence-electron chi connectivity index (χ1n) is 13.0. The standard InChI is InChI=1S/C26H35FN6O.CH4O3S/c1-18(2)33-17-21(16-29-33)26-19(3)15-28-25(30-26)14-20-5-6-24(23(27)13-20)32-9-7-22(8-10-32)31(4)11-12-34;1-5(2,3)4/h5-6,13,15-18,22,34H,7-12,14H2,1-4H3;1H3,(H,2,3,4). The average Bonchev–Trinajstić information content (AvgIpc) is 3.35. The normalized spacial score (nSPS) is 14.6. The molecule has 214 valence electrons. The van der Waals surface area contributed by atoms with E-state index in [2.05, 4.69) is 33.7 Å². The number of anilines is 1. The fourth-order valence-corrected chi connectivity index (χ4v) is 4.59. The molecule has 39 heavy (non-hydrogen) atoms. The van der Waals surface area contributed by atoms with Gasteiger partial charge in [-0.3, -0.25) is 9.23 Å². The van der Waals surface area contributed by atoms with Crippen LogP contribution in [-0.4, -0.2) is 88.3 Å². The van der Waals surface area contributed by atoms with Gasteiger partial charge in [0.1, 0.15) is 11.6 Å². The van der Waals surface area contributed by atoms with E-state index < -0.39 is 10.1 Å². The largest absolute Gasteiger partial charge is 0.395 e. The summed E-state index contributed by atoms with van der Waals surface area (Å²) >= 11 is 0. The molecule has 0 spiro atoms. The summed E-state index contributed by atoms with van der Waals surface area (Å²) in [6, 6.07) is 6.18. The molecule has 0 saturated carbocycles. The molecule has 12 heteroatoms. The monoisotopic (exact) mass is 562 g/mol. The quantitative estimate of drug-likeness (QED) is 0.398. The van der Waals surface area contributed by atoms with Crippen LogP contribution in [-0.2, 0) is 16.5 Å². The van der Waals surface area contributed by atoms with Crippen LogP contribution in [0.4, 0.5) is 10.1 Å². The minimum Gasteiger partial charge on any atom is -0.395 e. The van der Waals surface area contributed by atoms with Crippen LogP contribution in [0.2, 0.25) is 0 Å². The molecule has 1 aliphatic rings. The predicted octanol–water partition coefficient (Wildman–Crippen LogP) is 3.36. The Hall–Kier alpha value is -2.93. The van der Waals surface area contributed by atoms with E-state index >= 15 is 4.39 Å². The predicted molar refractivity (Wildman–Crippen MR) is 150 cm³/mol. The second kappa shape index (κ2) is 13.4. The summed E-state index contributed by atoms with van der Waals surface area (Å²) in [6.07, 6.45) is 8.77. The van der Waals surface area contributed by atoms with Gasteiger partial charge in [0.15, 0.2) is 0 Å². The fourth-order valence-electron chi connectivity index (χ4n) is 4.59. The van der Waals surface area contributed by atoms with Gasteiger partial charge in [0, 0.05) is 56.1 Å². The highest BCUT2D eigenvalue weighted by Gasteiger charge is 2.24. The second-order valence-corrected chi connectivity index (χ2v) is 11.7. The average molecular weight is 563 g/mol. The fraction of sp³-hybridized carbons (Fsp3) is 0.519. The van der Waals surface area contributed by atoms with Crippen molar-refractivity contribution in [3.05, 3.63) is 59.6 Å². The Morgan fingerprint density at radius 2 is 1.87 bits per heavy atom. The molecule has 0 atom stereocenters. The van der Waals surface area contributed by atoms with Crippen molar-refractivity contribution < 1.29 is 22.5 Å². The Morgan fingerprint density at radius 3 is 2.44 bits per heavy atom. The number of aryl methyl sites for hydroxylation is 1. The zero-order valence-electron chi connectivity index (χ0n) is 23.2. The van der Waals surface area contributed by atoms with Crippen LogP contribution in [0.15, 0.2) is 36.8 Å². The number of rotatable bonds is 8. The molecule has 10 nitrogen and oxygen atoms in total. The lowest BCUT2D eigenvalue weighted by Gasteiger charge is -2.37. The highest BCUT2D eigenvalue weighted by atomic mass is 32.2. The van der Waals surface area contributed by atoms with Crippen LogP contribution in [0.25, 0.3) is 11.3 Å². The van der Waals surface area contributed by atoms with Gasteiger partial charge in [-0.25, -0.2) is 14.4 Å². The molecule has 0 aliphatic carbocycles. The van der Waals surface area contributed by atoms with Crippen LogP contribution in [0, 0.1) is 12.7 Å². The lowest BCUT2D eigenvalue weighted by Crippen LogP contribution is -2.44. The first-order valence-corrected chi connectivity index (χ1v) is 14.8. The molecule has 2 N–H and O–H groups in total. The summed E-state index contributed by atoms with van der Waals surface area (Å²) < 4.78 is 42.8. The third-order valence-electron chi connectivity index (χ3n) is 6.68. The highest BCUT2D eigenvalue weighted by Crippen LogP contribution is 2.27. The lowest BCUT2D eigenvalue weighted by molar-refractivity contribution is 0.161. The minimum absolute atomic E-state index is 0.167. The molecule has 0 unspecified atom stereocenters. The molecule has 1 aromatic carbocycles. The Balaban J connectivity index is 0.000000771. The van der Waals surface area contributed by atoms with E-state index in [1.54, 1.807) is 6.07 Å². The van der Waals surface area contributed by atoms with Gasteiger partial charge in [-0.05, 0) is 63.9 Å². The third kappa shape index (κ3) is 9.06. The number of likely N-dealkylation sites (N-methyl/N-ethyl adjacent to an activating group) is 1. The summed E-state index contributed by atoms with van der Waals surface area (Å²) in [7, 11) is -1.62. The van der Waals surface area contributed by atoms with Crippen LogP contribution in [0.5, 0.6) is 0 Å². The number of nitrogens with zero attached hydrogens (tertiary/aromatic N) is 6. The smallest absolute Gasteiger partial charge is 0.261 e. The number of piperidine rings is 1. The Morgan fingerprint density at radius 1 is 1.21 bits per heavy atom. The zero-order chi connectivity index (χ0) is 28.7. The van der Waals surface area contributed by atoms with Gasteiger partial charge in [0.2, 0.25) is 0 Å². The van der Waals surface area contributed by atoms with E-state index in [-0.39, 0.29) is 18.5 Å². The number of aliphatic hydroxyl groups excluding tert-OH is 1. The first-order chi connectivity index (χ1) is 18.4. The van der Waals surface area contributed by atoms with Gasteiger partial charge >= 0.3 is 0 Å². The molecular formula is C27H39FN6O4S. The molecule has 1 fully saturated rings. The van der Waals surface area contributed by atoms with Crippen molar-refractivity contribution in [3.63, 3.8) is 0 Å². The molecule has 0 radical (unpaired) electrons. The number of hydrogen-bond acceptors (Lipinski definition) is 8. The number of hydrogen-bond donors (Lipinski definition) is 2. The number of aromatic nitrogens is 4. The molecule has 0 amide bonds. The van der Waals surface area contributed by atoms with Gasteiger partial charge < -0.3 is 14.9 Å². The number of aliphatic hydroxyl groups is 1. The molecular weight excluding hydrogens is 523 g/mol. The molecule has 2 aromatic heterocycles. The Bertz CT molecular complexity index is 1330. The maximum absolute atomic E-state index is 15.1. The third-order valence-corrected chi connectivity index (χ3v) is 6.68. The van der Waals surface area contributed by atoms with E-state index in [1.807, 2.05) is 49.4 Å².